The van der Waals surface area contributed by atoms with Gasteiger partial charge in [-0.3, -0.25) is 4.79 Å². The smallest absolute Gasteiger partial charge is 0.342 e. The molecule has 0 unspecified atom stereocenters. The lowest BCUT2D eigenvalue weighted by Crippen LogP contribution is -2.36. The van der Waals surface area contributed by atoms with Crippen LogP contribution in [0.25, 0.3) is 6.08 Å². The highest BCUT2D eigenvalue weighted by molar-refractivity contribution is 5.97. The average molecular weight is 378 g/mol. The second-order valence-corrected chi connectivity index (χ2v) is 6.83. The lowest BCUT2D eigenvalue weighted by Gasteiger charge is -2.25. The van der Waals surface area contributed by atoms with Crippen LogP contribution >= 0.6 is 0 Å². The Morgan fingerprint density at radius 3 is 2.56 bits per heavy atom. The lowest BCUT2D eigenvalue weighted by atomic mass is 9.97. The van der Waals surface area contributed by atoms with E-state index in [1.165, 1.54) is 25.1 Å². The molecule has 0 radical (unpaired) electrons. The molecule has 6 nitrogen and oxygen atoms in total. The maximum Gasteiger partial charge on any atom is 0.342 e. The van der Waals surface area contributed by atoms with Gasteiger partial charge in [-0.2, -0.15) is 0 Å². The summed E-state index contributed by atoms with van der Waals surface area (Å²) in [7, 11) is 0. The monoisotopic (exact) mass is 378 g/mol. The molecule has 1 aliphatic rings. The van der Waals surface area contributed by atoms with E-state index in [1.807, 2.05) is 0 Å². The first-order valence-electron chi connectivity index (χ1n) is 8.52. The number of hydrogen-bond acceptors (Lipinski definition) is 6. The molecule has 0 spiro atoms. The Kier molecular flexibility index (Phi) is 6.18. The van der Waals surface area contributed by atoms with Gasteiger partial charge in [-0.25, -0.2) is 9.18 Å². The summed E-state index contributed by atoms with van der Waals surface area (Å²) in [5.41, 5.74) is -1.36. The van der Waals surface area contributed by atoms with Gasteiger partial charge in [0.1, 0.15) is 23.5 Å². The van der Waals surface area contributed by atoms with Crippen molar-refractivity contribution in [3.05, 3.63) is 47.1 Å². The highest BCUT2D eigenvalue weighted by Crippen LogP contribution is 2.29. The Labute approximate surface area is 156 Å². The molecule has 0 aromatic heterocycles. The molecule has 0 saturated heterocycles. The van der Waals surface area contributed by atoms with Crippen LogP contribution in [0.3, 0.4) is 0 Å². The fraction of sp³-hybridized carbons (Fsp3) is 0.400. The van der Waals surface area contributed by atoms with E-state index in [4.69, 9.17) is 4.74 Å². The minimum atomic E-state index is -2.21. The van der Waals surface area contributed by atoms with E-state index in [9.17, 15) is 29.3 Å². The normalized spacial score (nSPS) is 32.1. The Balaban J connectivity index is 2.54. The van der Waals surface area contributed by atoms with Crippen molar-refractivity contribution in [1.82, 2.24) is 0 Å². The average Bonchev–Trinajstić information content (AvgIpc) is 2.57. The van der Waals surface area contributed by atoms with Crippen molar-refractivity contribution in [3.63, 3.8) is 0 Å². The Morgan fingerprint density at radius 1 is 1.22 bits per heavy atom. The van der Waals surface area contributed by atoms with Gasteiger partial charge in [0.15, 0.2) is 11.5 Å². The molecule has 0 bridgehead atoms. The summed E-state index contributed by atoms with van der Waals surface area (Å²) >= 11 is 0. The van der Waals surface area contributed by atoms with Crippen LogP contribution in [0.2, 0.25) is 0 Å². The molecule has 3 N–H and O–H groups in total. The van der Waals surface area contributed by atoms with Crippen molar-refractivity contribution in [2.45, 2.75) is 51.2 Å². The topological polar surface area (TPSA) is 104 Å². The van der Waals surface area contributed by atoms with Gasteiger partial charge in [0.2, 0.25) is 0 Å². The molecule has 7 heteroatoms. The number of aromatic hydroxyl groups is 1. The molecule has 4 atom stereocenters. The molecular formula is C20H23FO6. The zero-order valence-corrected chi connectivity index (χ0v) is 15.3. The van der Waals surface area contributed by atoms with Crippen LogP contribution in [0.15, 0.2) is 30.4 Å². The van der Waals surface area contributed by atoms with Crippen molar-refractivity contribution in [1.29, 1.82) is 0 Å². The summed E-state index contributed by atoms with van der Waals surface area (Å²) in [6, 6.07) is 3.00. The third-order valence-electron chi connectivity index (χ3n) is 4.48. The van der Waals surface area contributed by atoms with Gasteiger partial charge in [0, 0.05) is 0 Å². The van der Waals surface area contributed by atoms with Crippen LogP contribution in [0.4, 0.5) is 4.39 Å². The number of halogens is 1. The third kappa shape index (κ3) is 4.81. The lowest BCUT2D eigenvalue weighted by molar-refractivity contribution is -0.127. The molecule has 1 aromatic carbocycles. The van der Waals surface area contributed by atoms with Crippen LogP contribution in [-0.2, 0) is 9.53 Å². The molecule has 1 heterocycles. The number of hydrogen-bond donors (Lipinski definition) is 3. The molecule has 146 valence electrons. The van der Waals surface area contributed by atoms with Crippen molar-refractivity contribution >= 4 is 17.8 Å². The number of ether oxygens (including phenoxy) is 1. The summed E-state index contributed by atoms with van der Waals surface area (Å²) in [6.07, 6.45) is 0.133. The largest absolute Gasteiger partial charge is 0.507 e. The number of carbonyl (C=O) groups excluding carboxylic acids is 2. The van der Waals surface area contributed by atoms with Gasteiger partial charge in [-0.1, -0.05) is 18.2 Å². The number of aliphatic hydroxyl groups excluding tert-OH is 2. The first kappa shape index (κ1) is 20.8. The van der Waals surface area contributed by atoms with Gasteiger partial charge in [0.05, 0.1) is 6.10 Å². The zero-order chi connectivity index (χ0) is 20.4. The van der Waals surface area contributed by atoms with Crippen molar-refractivity contribution in [2.24, 2.45) is 0 Å². The highest BCUT2D eigenvalue weighted by Gasteiger charge is 2.34. The van der Waals surface area contributed by atoms with Gasteiger partial charge in [0.25, 0.3) is 0 Å². The van der Waals surface area contributed by atoms with Crippen LogP contribution in [-0.4, -0.2) is 51.1 Å². The van der Waals surface area contributed by atoms with E-state index in [0.29, 0.717) is 11.1 Å². The number of aryl methyl sites for hydroxylation is 1. The number of benzene rings is 1. The summed E-state index contributed by atoms with van der Waals surface area (Å²) in [6.45, 7) is 4.14. The maximum atomic E-state index is 14.8. The number of phenolic OH excluding ortho intramolecular Hbond substituents is 1. The molecule has 2 rings (SSSR count). The zero-order valence-electron chi connectivity index (χ0n) is 15.3. The Bertz CT molecular complexity index is 796. The quantitative estimate of drug-likeness (QED) is 0.598. The summed E-state index contributed by atoms with van der Waals surface area (Å²) in [4.78, 5) is 24.4. The minimum Gasteiger partial charge on any atom is -0.507 e. The third-order valence-corrected chi connectivity index (χ3v) is 4.48. The number of rotatable bonds is 0. The van der Waals surface area contributed by atoms with E-state index < -0.39 is 35.7 Å². The van der Waals surface area contributed by atoms with E-state index in [0.717, 1.165) is 19.1 Å². The maximum absolute atomic E-state index is 14.8. The number of phenols is 1. The molecule has 0 saturated carbocycles. The first-order chi connectivity index (χ1) is 12.5. The molecule has 0 amide bonds. The van der Waals surface area contributed by atoms with E-state index in [-0.39, 0.29) is 17.7 Å². The fourth-order valence-corrected chi connectivity index (χ4v) is 2.62. The molecule has 1 aliphatic heterocycles. The molecule has 1 aromatic rings. The summed E-state index contributed by atoms with van der Waals surface area (Å²) in [5.74, 6) is -2.09. The predicted molar refractivity (Wildman–Crippen MR) is 97.0 cm³/mol. The SMILES string of the molecule is Cc1cc(O)c2c(c1)/C=C/C[C@H](O)[C@H](O)C(=O)/C=C\[C@@](C)(F)[C@H](C)OC2=O. The summed E-state index contributed by atoms with van der Waals surface area (Å²) in [5, 5.41) is 30.0. The van der Waals surface area contributed by atoms with E-state index >= 15 is 0 Å². The summed E-state index contributed by atoms with van der Waals surface area (Å²) < 4.78 is 20.0. The number of ketones is 1. The van der Waals surface area contributed by atoms with Crippen LogP contribution in [0, 0.1) is 6.92 Å². The molecule has 27 heavy (non-hydrogen) atoms. The Hall–Kier alpha value is -2.51. The standard InChI is InChI=1S/C20H23FO6/c1-11-9-13-5-4-6-14(22)18(25)15(23)7-8-20(3,21)12(2)27-19(26)17(13)16(24)10-11/h4-5,7-10,12,14,18,22,24-25H,6H2,1-3H3/b5-4+,8-7-/t12-,14-,18-,20+/m0/s1. The second kappa shape index (κ2) is 8.02. The molecule has 0 fully saturated rings. The van der Waals surface area contributed by atoms with Crippen molar-refractivity contribution in [2.75, 3.05) is 0 Å². The van der Waals surface area contributed by atoms with Crippen LogP contribution in [0.1, 0.15) is 41.8 Å². The van der Waals surface area contributed by atoms with Gasteiger partial charge in [-0.15, -0.1) is 0 Å². The van der Waals surface area contributed by atoms with E-state index in [1.54, 1.807) is 13.0 Å². The van der Waals surface area contributed by atoms with Gasteiger partial charge < -0.3 is 20.1 Å². The second-order valence-electron chi connectivity index (χ2n) is 6.83. The number of esters is 1. The number of alkyl halides is 1. The van der Waals surface area contributed by atoms with Gasteiger partial charge in [-0.05, 0) is 56.5 Å². The Morgan fingerprint density at radius 2 is 1.89 bits per heavy atom. The van der Waals surface area contributed by atoms with Crippen LogP contribution < -0.4 is 0 Å². The number of cyclic esters (lactones) is 1. The number of fused-ring (bicyclic) bond motifs is 1. The van der Waals surface area contributed by atoms with E-state index in [2.05, 4.69) is 0 Å². The van der Waals surface area contributed by atoms with Crippen molar-refractivity contribution in [3.8, 4) is 5.75 Å². The first-order valence-corrected chi connectivity index (χ1v) is 8.52. The fourth-order valence-electron chi connectivity index (χ4n) is 2.62. The molecular weight excluding hydrogens is 355 g/mol. The predicted octanol–water partition coefficient (Wildman–Crippen LogP) is 2.24. The minimum absolute atomic E-state index is 0.0900. The van der Waals surface area contributed by atoms with Crippen molar-refractivity contribution < 1.29 is 34.0 Å². The van der Waals surface area contributed by atoms with Crippen LogP contribution in [0.5, 0.6) is 5.75 Å². The number of aliphatic hydroxyl groups is 2. The molecule has 0 aliphatic carbocycles. The number of carbonyl (C=O) groups is 2. The van der Waals surface area contributed by atoms with Gasteiger partial charge >= 0.3 is 5.97 Å². The highest BCUT2D eigenvalue weighted by atomic mass is 19.1.